The molecule has 0 aliphatic rings. The molecule has 1 N–H and O–H groups in total. The van der Waals surface area contributed by atoms with Gasteiger partial charge in [0.1, 0.15) is 0 Å². The highest BCUT2D eigenvalue weighted by Crippen LogP contribution is 2.18. The first kappa shape index (κ1) is 12.7. The molecule has 0 saturated carbocycles. The van der Waals surface area contributed by atoms with E-state index in [0.29, 0.717) is 17.0 Å². The Hall–Kier alpha value is -1.35. The van der Waals surface area contributed by atoms with Crippen molar-refractivity contribution in [2.24, 2.45) is 5.92 Å². The van der Waals surface area contributed by atoms with E-state index in [0.717, 1.165) is 0 Å². The zero-order valence-electron chi connectivity index (χ0n) is 8.94. The topological polar surface area (TPSA) is 54.4 Å². The van der Waals surface area contributed by atoms with Gasteiger partial charge >= 0.3 is 5.97 Å². The molecule has 1 aromatic carbocycles. The van der Waals surface area contributed by atoms with Gasteiger partial charge in [-0.3, -0.25) is 9.59 Å². The second-order valence-electron chi connectivity index (χ2n) is 3.57. The SMILES string of the molecule is CCC(CC(=O)O)C(=O)c1ccc(Cl)cc1. The molecule has 1 rings (SSSR count). The molecule has 0 aromatic heterocycles. The Morgan fingerprint density at radius 2 is 1.88 bits per heavy atom. The number of hydrogen-bond acceptors (Lipinski definition) is 2. The zero-order chi connectivity index (χ0) is 12.1. The molecule has 16 heavy (non-hydrogen) atoms. The van der Waals surface area contributed by atoms with Crippen molar-refractivity contribution in [3.8, 4) is 0 Å². The third-order valence-corrected chi connectivity index (χ3v) is 2.67. The number of carbonyl (C=O) groups excluding carboxylic acids is 1. The van der Waals surface area contributed by atoms with Crippen LogP contribution in [0.1, 0.15) is 30.1 Å². The summed E-state index contributed by atoms with van der Waals surface area (Å²) in [6.07, 6.45) is 0.395. The van der Waals surface area contributed by atoms with Crippen molar-refractivity contribution in [2.75, 3.05) is 0 Å². The molecule has 4 heteroatoms. The van der Waals surface area contributed by atoms with Crippen molar-refractivity contribution in [3.05, 3.63) is 34.9 Å². The highest BCUT2D eigenvalue weighted by atomic mass is 35.5. The van der Waals surface area contributed by atoms with Crippen LogP contribution < -0.4 is 0 Å². The largest absolute Gasteiger partial charge is 0.481 e. The van der Waals surface area contributed by atoms with E-state index >= 15 is 0 Å². The molecular formula is C12H13ClO3. The van der Waals surface area contributed by atoms with Gasteiger partial charge < -0.3 is 5.11 Å². The summed E-state index contributed by atoms with van der Waals surface area (Å²) < 4.78 is 0. The van der Waals surface area contributed by atoms with Gasteiger partial charge in [0.15, 0.2) is 5.78 Å². The standard InChI is InChI=1S/C12H13ClO3/c1-2-8(7-11(14)15)12(16)9-3-5-10(13)6-4-9/h3-6,8H,2,7H2,1H3,(H,14,15). The van der Waals surface area contributed by atoms with E-state index in [9.17, 15) is 9.59 Å². The summed E-state index contributed by atoms with van der Waals surface area (Å²) >= 11 is 5.71. The number of hydrogen-bond donors (Lipinski definition) is 1. The second kappa shape index (κ2) is 5.66. The Kier molecular flexibility index (Phi) is 4.50. The minimum atomic E-state index is -0.950. The number of carboxylic acid groups (broad SMARTS) is 1. The Labute approximate surface area is 99.0 Å². The van der Waals surface area contributed by atoms with Crippen molar-refractivity contribution >= 4 is 23.4 Å². The first-order chi connectivity index (χ1) is 7.54. The van der Waals surface area contributed by atoms with Crippen LogP contribution in [0.15, 0.2) is 24.3 Å². The lowest BCUT2D eigenvalue weighted by Gasteiger charge is -2.10. The maximum absolute atomic E-state index is 11.9. The summed E-state index contributed by atoms with van der Waals surface area (Å²) in [5, 5.41) is 9.24. The first-order valence-corrected chi connectivity index (χ1v) is 5.44. The average molecular weight is 241 g/mol. The summed E-state index contributed by atoms with van der Waals surface area (Å²) in [5.74, 6) is -1.55. The molecule has 1 aromatic rings. The number of benzene rings is 1. The fraction of sp³-hybridized carbons (Fsp3) is 0.333. The number of ketones is 1. The molecule has 0 fully saturated rings. The van der Waals surface area contributed by atoms with Gasteiger partial charge in [0, 0.05) is 16.5 Å². The molecule has 0 amide bonds. The lowest BCUT2D eigenvalue weighted by Crippen LogP contribution is -2.17. The molecule has 0 bridgehead atoms. The lowest BCUT2D eigenvalue weighted by atomic mass is 9.92. The van der Waals surface area contributed by atoms with Gasteiger partial charge in [-0.1, -0.05) is 18.5 Å². The number of aliphatic carboxylic acids is 1. The highest BCUT2D eigenvalue weighted by molar-refractivity contribution is 6.30. The van der Waals surface area contributed by atoms with Crippen LogP contribution in [-0.4, -0.2) is 16.9 Å². The monoisotopic (exact) mass is 240 g/mol. The molecule has 3 nitrogen and oxygen atoms in total. The van der Waals surface area contributed by atoms with Crippen LogP contribution in [0.4, 0.5) is 0 Å². The Bertz CT molecular complexity index is 384. The number of rotatable bonds is 5. The van der Waals surface area contributed by atoms with E-state index in [1.807, 2.05) is 0 Å². The predicted octanol–water partition coefficient (Wildman–Crippen LogP) is 3.02. The fourth-order valence-corrected chi connectivity index (χ4v) is 1.61. The Balaban J connectivity index is 2.82. The van der Waals surface area contributed by atoms with Gasteiger partial charge in [-0.2, -0.15) is 0 Å². The minimum Gasteiger partial charge on any atom is -0.481 e. The first-order valence-electron chi connectivity index (χ1n) is 5.06. The van der Waals surface area contributed by atoms with Crippen molar-refractivity contribution in [1.82, 2.24) is 0 Å². The third-order valence-electron chi connectivity index (χ3n) is 2.41. The summed E-state index contributed by atoms with van der Waals surface area (Å²) in [5.41, 5.74) is 0.512. The second-order valence-corrected chi connectivity index (χ2v) is 4.01. The van der Waals surface area contributed by atoms with Crippen molar-refractivity contribution in [1.29, 1.82) is 0 Å². The summed E-state index contributed by atoms with van der Waals surface area (Å²) in [4.78, 5) is 22.5. The van der Waals surface area contributed by atoms with Gasteiger partial charge in [-0.05, 0) is 30.7 Å². The molecule has 0 saturated heterocycles. The number of carbonyl (C=O) groups is 2. The Morgan fingerprint density at radius 1 is 1.31 bits per heavy atom. The van der Waals surface area contributed by atoms with E-state index in [1.54, 1.807) is 31.2 Å². The van der Waals surface area contributed by atoms with Gasteiger partial charge in [-0.15, -0.1) is 0 Å². The maximum Gasteiger partial charge on any atom is 0.304 e. The van der Waals surface area contributed by atoms with Gasteiger partial charge in [0.2, 0.25) is 0 Å². The average Bonchev–Trinajstić information content (AvgIpc) is 2.25. The number of carboxylic acids is 1. The fourth-order valence-electron chi connectivity index (χ4n) is 1.48. The summed E-state index contributed by atoms with van der Waals surface area (Å²) in [6.45, 7) is 1.81. The molecule has 0 aliphatic carbocycles. The van der Waals surface area contributed by atoms with E-state index in [-0.39, 0.29) is 12.2 Å². The van der Waals surface area contributed by atoms with Crippen LogP contribution in [-0.2, 0) is 4.79 Å². The van der Waals surface area contributed by atoms with Gasteiger partial charge in [0.25, 0.3) is 0 Å². The van der Waals surface area contributed by atoms with E-state index in [2.05, 4.69) is 0 Å². The maximum atomic E-state index is 11.9. The minimum absolute atomic E-state index is 0.127. The molecule has 1 atom stereocenters. The van der Waals surface area contributed by atoms with Crippen molar-refractivity contribution in [3.63, 3.8) is 0 Å². The zero-order valence-corrected chi connectivity index (χ0v) is 9.70. The van der Waals surface area contributed by atoms with Crippen LogP contribution in [0.25, 0.3) is 0 Å². The molecule has 0 radical (unpaired) electrons. The van der Waals surface area contributed by atoms with Crippen LogP contribution in [0.2, 0.25) is 5.02 Å². The smallest absolute Gasteiger partial charge is 0.304 e. The predicted molar refractivity (Wildman–Crippen MR) is 61.8 cm³/mol. The third kappa shape index (κ3) is 3.35. The quantitative estimate of drug-likeness (QED) is 0.805. The highest BCUT2D eigenvalue weighted by Gasteiger charge is 2.20. The van der Waals surface area contributed by atoms with Crippen LogP contribution in [0.5, 0.6) is 0 Å². The molecule has 0 aliphatic heterocycles. The van der Waals surface area contributed by atoms with Crippen LogP contribution in [0, 0.1) is 5.92 Å². The molecule has 86 valence electrons. The van der Waals surface area contributed by atoms with E-state index in [4.69, 9.17) is 16.7 Å². The van der Waals surface area contributed by atoms with Crippen LogP contribution >= 0.6 is 11.6 Å². The van der Waals surface area contributed by atoms with E-state index in [1.165, 1.54) is 0 Å². The van der Waals surface area contributed by atoms with Crippen molar-refractivity contribution in [2.45, 2.75) is 19.8 Å². The lowest BCUT2D eigenvalue weighted by molar-refractivity contribution is -0.137. The number of halogens is 1. The summed E-state index contributed by atoms with van der Waals surface area (Å²) in [6, 6.07) is 6.49. The number of Topliss-reactive ketones (excluding diaryl/α,β-unsaturated/α-hetero) is 1. The molecule has 0 spiro atoms. The Morgan fingerprint density at radius 3 is 2.31 bits per heavy atom. The van der Waals surface area contributed by atoms with Crippen LogP contribution in [0.3, 0.4) is 0 Å². The van der Waals surface area contributed by atoms with Crippen molar-refractivity contribution < 1.29 is 14.7 Å². The molecule has 1 unspecified atom stereocenters. The van der Waals surface area contributed by atoms with Gasteiger partial charge in [-0.25, -0.2) is 0 Å². The molecular weight excluding hydrogens is 228 g/mol. The molecule has 0 heterocycles. The van der Waals surface area contributed by atoms with Gasteiger partial charge in [0.05, 0.1) is 6.42 Å². The summed E-state index contributed by atoms with van der Waals surface area (Å²) in [7, 11) is 0. The normalized spacial score (nSPS) is 12.1. The van der Waals surface area contributed by atoms with E-state index < -0.39 is 11.9 Å².